The van der Waals surface area contributed by atoms with Gasteiger partial charge in [0.25, 0.3) is 0 Å². The van der Waals surface area contributed by atoms with Crippen LogP contribution in [0.4, 0.5) is 11.4 Å². The van der Waals surface area contributed by atoms with Crippen molar-refractivity contribution in [3.8, 4) is 0 Å². The smallest absolute Gasteiger partial charge is 0.249 e. The van der Waals surface area contributed by atoms with Gasteiger partial charge in [0.15, 0.2) is 0 Å². The fraction of sp³-hybridized carbons (Fsp3) is 0.371. The van der Waals surface area contributed by atoms with Crippen LogP contribution in [0.1, 0.15) is 29.0 Å². The van der Waals surface area contributed by atoms with E-state index in [2.05, 4.69) is 75.6 Å². The SMILES string of the molecule is Cc1ccc(C(COCCN2CCOCC2)Nc2ccc3c(c2)Sc2cccc(C4CN(c5cc[nH]c(=O)c5)CCO4)c2S3)nc1. The maximum Gasteiger partial charge on any atom is 0.249 e. The Hall–Kier alpha value is -3.32. The second-order valence-electron chi connectivity index (χ2n) is 11.7. The molecule has 2 aromatic carbocycles. The minimum absolute atomic E-state index is 0.0740. The number of fused-ring (bicyclic) bond motifs is 2. The number of aryl methyl sites for hydroxylation is 1. The molecule has 0 amide bonds. The Balaban J connectivity index is 1.05. The van der Waals surface area contributed by atoms with Crippen molar-refractivity contribution in [3.05, 3.63) is 100 Å². The number of H-pyrrole nitrogens is 1. The molecule has 2 N–H and O–H groups in total. The number of hydrogen-bond acceptors (Lipinski definition) is 10. The van der Waals surface area contributed by atoms with Gasteiger partial charge in [0, 0.05) is 82.1 Å². The fourth-order valence-electron chi connectivity index (χ4n) is 5.98. The van der Waals surface area contributed by atoms with E-state index in [4.69, 9.17) is 19.2 Å². The summed E-state index contributed by atoms with van der Waals surface area (Å²) in [6.07, 6.45) is 3.54. The van der Waals surface area contributed by atoms with Crippen LogP contribution >= 0.6 is 23.5 Å². The molecule has 2 unspecified atom stereocenters. The molecule has 0 radical (unpaired) electrons. The average Bonchev–Trinajstić information content (AvgIpc) is 3.09. The number of ether oxygens (including phenoxy) is 3. The quantitative estimate of drug-likeness (QED) is 0.180. The topological polar surface area (TPSA) is 92.0 Å². The van der Waals surface area contributed by atoms with Crippen molar-refractivity contribution in [2.24, 2.45) is 0 Å². The molecule has 2 aromatic heterocycles. The largest absolute Gasteiger partial charge is 0.379 e. The zero-order valence-electron chi connectivity index (χ0n) is 25.9. The highest BCUT2D eigenvalue weighted by Crippen LogP contribution is 2.52. The molecule has 4 aromatic rings. The Kier molecular flexibility index (Phi) is 9.95. The molecule has 0 spiro atoms. The number of aromatic amines is 1. The Morgan fingerprint density at radius 2 is 1.93 bits per heavy atom. The lowest BCUT2D eigenvalue weighted by Gasteiger charge is -2.36. The monoisotopic (exact) mass is 657 g/mol. The third-order valence-corrected chi connectivity index (χ3v) is 11.1. The molecule has 9 nitrogen and oxygen atoms in total. The molecule has 0 aliphatic carbocycles. The van der Waals surface area contributed by atoms with Gasteiger partial charge in [0.1, 0.15) is 6.10 Å². The molecule has 2 saturated heterocycles. The minimum Gasteiger partial charge on any atom is -0.379 e. The number of anilines is 2. The van der Waals surface area contributed by atoms with Crippen LogP contribution in [-0.2, 0) is 14.2 Å². The lowest BCUT2D eigenvalue weighted by atomic mass is 10.1. The highest BCUT2D eigenvalue weighted by atomic mass is 32.2. The predicted octanol–water partition coefficient (Wildman–Crippen LogP) is 5.77. The average molecular weight is 658 g/mol. The molecular weight excluding hydrogens is 619 g/mol. The maximum atomic E-state index is 11.9. The number of rotatable bonds is 10. The van der Waals surface area contributed by atoms with E-state index in [1.807, 2.05) is 12.3 Å². The summed E-state index contributed by atoms with van der Waals surface area (Å²) in [5, 5.41) is 3.72. The van der Waals surface area contributed by atoms with Crippen molar-refractivity contribution in [1.82, 2.24) is 14.9 Å². The number of morpholine rings is 2. The molecule has 11 heteroatoms. The number of pyridine rings is 2. The van der Waals surface area contributed by atoms with Crippen molar-refractivity contribution in [1.29, 1.82) is 0 Å². The van der Waals surface area contributed by atoms with Gasteiger partial charge in [0.2, 0.25) is 5.56 Å². The van der Waals surface area contributed by atoms with E-state index in [1.54, 1.807) is 35.8 Å². The molecule has 5 heterocycles. The van der Waals surface area contributed by atoms with E-state index < -0.39 is 0 Å². The van der Waals surface area contributed by atoms with Crippen LogP contribution in [0.2, 0.25) is 0 Å². The maximum absolute atomic E-state index is 11.9. The van der Waals surface area contributed by atoms with E-state index in [0.717, 1.165) is 62.0 Å². The van der Waals surface area contributed by atoms with Crippen molar-refractivity contribution in [3.63, 3.8) is 0 Å². The summed E-state index contributed by atoms with van der Waals surface area (Å²) in [5.41, 5.74) is 5.17. The van der Waals surface area contributed by atoms with E-state index in [1.165, 1.54) is 25.1 Å². The minimum atomic E-state index is -0.0900. The normalized spacial score (nSPS) is 18.9. The Morgan fingerprint density at radius 1 is 1.02 bits per heavy atom. The Labute approximate surface area is 278 Å². The lowest BCUT2D eigenvalue weighted by molar-refractivity contribution is 0.0193. The van der Waals surface area contributed by atoms with Crippen LogP contribution < -0.4 is 15.8 Å². The van der Waals surface area contributed by atoms with Crippen LogP contribution in [0.15, 0.2) is 97.4 Å². The molecule has 240 valence electrons. The molecule has 3 aliphatic heterocycles. The van der Waals surface area contributed by atoms with Gasteiger partial charge in [-0.15, -0.1) is 0 Å². The molecule has 7 rings (SSSR count). The van der Waals surface area contributed by atoms with E-state index in [0.29, 0.717) is 26.4 Å². The van der Waals surface area contributed by atoms with Gasteiger partial charge in [-0.2, -0.15) is 0 Å². The third kappa shape index (κ3) is 7.46. The van der Waals surface area contributed by atoms with E-state index in [-0.39, 0.29) is 17.7 Å². The van der Waals surface area contributed by atoms with Crippen molar-refractivity contribution >= 4 is 34.9 Å². The van der Waals surface area contributed by atoms with Crippen LogP contribution in [-0.4, -0.2) is 80.6 Å². The van der Waals surface area contributed by atoms with Gasteiger partial charge in [-0.3, -0.25) is 14.7 Å². The van der Waals surface area contributed by atoms with Gasteiger partial charge in [-0.25, -0.2) is 0 Å². The molecule has 46 heavy (non-hydrogen) atoms. The molecule has 0 bridgehead atoms. The van der Waals surface area contributed by atoms with Crippen molar-refractivity contribution in [2.75, 3.05) is 76.0 Å². The van der Waals surface area contributed by atoms with Gasteiger partial charge in [0.05, 0.1) is 44.8 Å². The summed E-state index contributed by atoms with van der Waals surface area (Å²) in [5.74, 6) is 0. The first-order chi connectivity index (χ1) is 22.6. The van der Waals surface area contributed by atoms with Gasteiger partial charge in [-0.1, -0.05) is 41.7 Å². The zero-order valence-corrected chi connectivity index (χ0v) is 27.6. The first-order valence-electron chi connectivity index (χ1n) is 15.8. The Bertz CT molecular complexity index is 1700. The number of benzene rings is 2. The van der Waals surface area contributed by atoms with Crippen LogP contribution in [0, 0.1) is 6.92 Å². The van der Waals surface area contributed by atoms with Crippen molar-refractivity contribution in [2.45, 2.75) is 38.7 Å². The lowest BCUT2D eigenvalue weighted by Crippen LogP contribution is -2.39. The summed E-state index contributed by atoms with van der Waals surface area (Å²) >= 11 is 3.60. The number of hydrogen-bond donors (Lipinski definition) is 2. The summed E-state index contributed by atoms with van der Waals surface area (Å²) < 4.78 is 18.0. The zero-order chi connectivity index (χ0) is 31.3. The third-order valence-electron chi connectivity index (χ3n) is 8.49. The Morgan fingerprint density at radius 3 is 2.78 bits per heavy atom. The van der Waals surface area contributed by atoms with Crippen LogP contribution in [0.25, 0.3) is 0 Å². The second-order valence-corrected chi connectivity index (χ2v) is 13.9. The molecule has 3 aliphatic rings. The number of nitrogens with zero attached hydrogens (tertiary/aromatic N) is 3. The first-order valence-corrected chi connectivity index (χ1v) is 17.5. The first kappa shape index (κ1) is 31.3. The summed E-state index contributed by atoms with van der Waals surface area (Å²) in [6.45, 7) is 9.74. The summed E-state index contributed by atoms with van der Waals surface area (Å²) in [4.78, 5) is 28.9. The van der Waals surface area contributed by atoms with Crippen LogP contribution in [0.3, 0.4) is 0 Å². The molecular formula is C35H39N5O4S2. The van der Waals surface area contributed by atoms with Gasteiger partial charge < -0.3 is 29.4 Å². The predicted molar refractivity (Wildman–Crippen MR) is 183 cm³/mol. The van der Waals surface area contributed by atoms with E-state index >= 15 is 0 Å². The summed E-state index contributed by atoms with van der Waals surface area (Å²) in [7, 11) is 0. The van der Waals surface area contributed by atoms with Gasteiger partial charge >= 0.3 is 0 Å². The van der Waals surface area contributed by atoms with Crippen LogP contribution in [0.5, 0.6) is 0 Å². The van der Waals surface area contributed by atoms with Crippen molar-refractivity contribution < 1.29 is 14.2 Å². The highest BCUT2D eigenvalue weighted by Gasteiger charge is 2.28. The number of nitrogens with one attached hydrogen (secondary N) is 2. The summed E-state index contributed by atoms with van der Waals surface area (Å²) in [6, 6.07) is 20.8. The fourth-order valence-corrected chi connectivity index (χ4v) is 8.43. The standard InChI is InChI=1S/C35H39N5O4S2/c1-24-5-7-28(37-21-24)29(23-43-17-13-39-11-15-42-16-12-39)38-25-6-8-31-33(19-25)45-32-4-2-3-27(35(32)46-31)30-22-40(14-18-44-30)26-9-10-36-34(41)20-26/h2-10,19-21,29-30,38H,11-18,22-23H2,1H3,(H,36,41). The molecule has 0 saturated carbocycles. The highest BCUT2D eigenvalue weighted by molar-refractivity contribution is 8.05. The second kappa shape index (κ2) is 14.6. The number of aromatic nitrogens is 2. The van der Waals surface area contributed by atoms with E-state index in [9.17, 15) is 4.79 Å². The van der Waals surface area contributed by atoms with Gasteiger partial charge in [-0.05, 0) is 54.4 Å². The molecule has 2 atom stereocenters. The molecule has 2 fully saturated rings.